The van der Waals surface area contributed by atoms with Gasteiger partial charge in [0.05, 0.1) is 0 Å². The molecule has 10 heavy (non-hydrogen) atoms. The van der Waals surface area contributed by atoms with Crippen LogP contribution in [0, 0.1) is 5.92 Å². The van der Waals surface area contributed by atoms with Crippen LogP contribution in [0.5, 0.6) is 0 Å². The maximum Gasteiger partial charge on any atom is 0.309 e. The lowest BCUT2D eigenvalue weighted by Crippen LogP contribution is -2.36. The van der Waals surface area contributed by atoms with Crippen LogP contribution >= 0.6 is 0 Å². The zero-order valence-corrected chi connectivity index (χ0v) is 6.39. The summed E-state index contributed by atoms with van der Waals surface area (Å²) < 4.78 is 0. The summed E-state index contributed by atoms with van der Waals surface area (Å²) in [6, 6.07) is 0.395. The summed E-state index contributed by atoms with van der Waals surface area (Å²) in [6.07, 6.45) is 6.72. The van der Waals surface area contributed by atoms with Crippen molar-refractivity contribution >= 4 is 6.41 Å². The van der Waals surface area contributed by atoms with E-state index in [4.69, 9.17) is 0 Å². The highest BCUT2D eigenvalue weighted by atomic mass is 16.1. The van der Waals surface area contributed by atoms with Crippen molar-refractivity contribution in [3.63, 3.8) is 0 Å². The number of hydrogen-bond donors (Lipinski definition) is 1. The molecule has 0 aromatic carbocycles. The Morgan fingerprint density at radius 2 is 2.10 bits per heavy atom. The molecule has 1 aliphatic rings. The van der Waals surface area contributed by atoms with Crippen LogP contribution in [0.3, 0.4) is 0 Å². The smallest absolute Gasteiger partial charge is 0.309 e. The van der Waals surface area contributed by atoms with Crippen LogP contribution in [0.25, 0.3) is 0 Å². The van der Waals surface area contributed by atoms with Crippen LogP contribution in [-0.2, 0) is 4.79 Å². The lowest BCUT2D eigenvalue weighted by atomic mass is 9.86. The maximum atomic E-state index is 9.98. The molecule has 57 valence electrons. The van der Waals surface area contributed by atoms with E-state index in [9.17, 15) is 4.79 Å². The third-order valence-corrected chi connectivity index (χ3v) is 2.36. The van der Waals surface area contributed by atoms with E-state index in [-0.39, 0.29) is 0 Å². The molecule has 1 aliphatic carbocycles. The van der Waals surface area contributed by atoms with E-state index in [0.29, 0.717) is 12.0 Å². The van der Waals surface area contributed by atoms with Crippen LogP contribution in [-0.4, -0.2) is 12.5 Å². The normalized spacial score (nSPS) is 33.3. The molecule has 0 aromatic heterocycles. The van der Waals surface area contributed by atoms with Crippen LogP contribution in [0.4, 0.5) is 0 Å². The van der Waals surface area contributed by atoms with E-state index in [1.165, 1.54) is 19.3 Å². The lowest BCUT2D eigenvalue weighted by Gasteiger charge is -2.27. The molecule has 2 atom stereocenters. The molecule has 0 aliphatic heterocycles. The van der Waals surface area contributed by atoms with Crippen LogP contribution in [0.1, 0.15) is 32.6 Å². The zero-order valence-electron chi connectivity index (χ0n) is 6.39. The van der Waals surface area contributed by atoms with Crippen molar-refractivity contribution in [2.45, 2.75) is 38.6 Å². The predicted molar refractivity (Wildman–Crippen MR) is 40.2 cm³/mol. The van der Waals surface area contributed by atoms with Gasteiger partial charge in [0.2, 0.25) is 0 Å². The van der Waals surface area contributed by atoms with Gasteiger partial charge in [0.25, 0.3) is 0 Å². The Kier molecular flexibility index (Phi) is 2.72. The van der Waals surface area contributed by atoms with Gasteiger partial charge in [0.1, 0.15) is 0 Å². The molecule has 2 nitrogen and oxygen atoms in total. The Balaban J connectivity index is 2.32. The van der Waals surface area contributed by atoms with Crippen molar-refractivity contribution < 1.29 is 4.79 Å². The van der Waals surface area contributed by atoms with Crippen molar-refractivity contribution in [3.8, 4) is 0 Å². The molecule has 1 fully saturated rings. The molecule has 2 unspecified atom stereocenters. The Bertz CT molecular complexity index is 114. The van der Waals surface area contributed by atoms with E-state index in [1.54, 1.807) is 6.41 Å². The summed E-state index contributed by atoms with van der Waals surface area (Å²) in [5.74, 6) is 0.648. The van der Waals surface area contributed by atoms with Crippen molar-refractivity contribution in [1.29, 1.82) is 0 Å². The fourth-order valence-corrected chi connectivity index (χ4v) is 1.61. The fourth-order valence-electron chi connectivity index (χ4n) is 1.61. The molecule has 0 aromatic rings. The Labute approximate surface area is 62.0 Å². The third kappa shape index (κ3) is 1.72. The first kappa shape index (κ1) is 7.58. The number of amides is 1. The van der Waals surface area contributed by atoms with E-state index in [2.05, 4.69) is 12.2 Å². The van der Waals surface area contributed by atoms with Crippen molar-refractivity contribution in [2.24, 2.45) is 5.92 Å². The van der Waals surface area contributed by atoms with Crippen molar-refractivity contribution in [1.82, 2.24) is 5.32 Å². The highest BCUT2D eigenvalue weighted by molar-refractivity contribution is 5.47. The third-order valence-electron chi connectivity index (χ3n) is 2.36. The predicted octanol–water partition coefficient (Wildman–Crippen LogP) is 1.22. The first-order valence-corrected chi connectivity index (χ1v) is 3.97. The van der Waals surface area contributed by atoms with Crippen LogP contribution in [0.2, 0.25) is 0 Å². The Morgan fingerprint density at radius 3 is 2.70 bits per heavy atom. The maximum absolute atomic E-state index is 9.98. The molecular weight excluding hydrogens is 126 g/mol. The summed E-state index contributed by atoms with van der Waals surface area (Å²) in [7, 11) is 0. The number of nitrogens with one attached hydrogen (secondary N) is 1. The molecule has 1 N–H and O–H groups in total. The minimum atomic E-state index is 0.395. The summed E-state index contributed by atoms with van der Waals surface area (Å²) in [6.45, 7) is 2.19. The molecule has 1 amide bonds. The number of hydrogen-bond acceptors (Lipinski definition) is 1. The molecule has 2 heteroatoms. The zero-order chi connectivity index (χ0) is 7.40. The van der Waals surface area contributed by atoms with Gasteiger partial charge in [0, 0.05) is 6.04 Å². The first-order valence-electron chi connectivity index (χ1n) is 3.97. The highest BCUT2D eigenvalue weighted by Crippen LogP contribution is 2.22. The minimum Gasteiger partial charge on any atom is -0.345 e. The first-order chi connectivity index (χ1) is 4.84. The Hall–Kier alpha value is -0.530. The molecule has 0 heterocycles. The number of carbonyl (C=O) groups excluding carboxylic acids is 1. The topological polar surface area (TPSA) is 29.1 Å². The lowest BCUT2D eigenvalue weighted by molar-refractivity contribution is 0.305. The van der Waals surface area contributed by atoms with Crippen LogP contribution < -0.4 is 5.32 Å². The largest absolute Gasteiger partial charge is 0.345 e. The van der Waals surface area contributed by atoms with Gasteiger partial charge in [-0.25, -0.2) is 0 Å². The average Bonchev–Trinajstić information content (AvgIpc) is 1.94. The van der Waals surface area contributed by atoms with E-state index in [0.717, 1.165) is 6.42 Å². The van der Waals surface area contributed by atoms with Crippen LogP contribution in [0.15, 0.2) is 0 Å². The van der Waals surface area contributed by atoms with E-state index < -0.39 is 0 Å². The van der Waals surface area contributed by atoms with Crippen molar-refractivity contribution in [3.05, 3.63) is 0 Å². The second-order valence-electron chi connectivity index (χ2n) is 3.11. The number of rotatable bonds is 2. The van der Waals surface area contributed by atoms with Gasteiger partial charge in [0.15, 0.2) is 0 Å². The molecule has 0 saturated heterocycles. The van der Waals surface area contributed by atoms with E-state index in [1.807, 2.05) is 0 Å². The summed E-state index contributed by atoms with van der Waals surface area (Å²) >= 11 is 0. The molecule has 1 saturated carbocycles. The van der Waals surface area contributed by atoms with Gasteiger partial charge in [-0.05, 0) is 18.8 Å². The standard InChI is InChI=1S/C8H14NO/c1-7-4-2-3-5-8(7)9-6-10/h7-8H,2-5H2,1H3,(H,9,10). The average molecular weight is 140 g/mol. The monoisotopic (exact) mass is 140 g/mol. The van der Waals surface area contributed by atoms with Gasteiger partial charge < -0.3 is 5.32 Å². The van der Waals surface area contributed by atoms with E-state index >= 15 is 0 Å². The molecule has 0 spiro atoms. The second-order valence-corrected chi connectivity index (χ2v) is 3.11. The minimum absolute atomic E-state index is 0.395. The van der Waals surface area contributed by atoms with Gasteiger partial charge in [-0.2, -0.15) is 0 Å². The Morgan fingerprint density at radius 1 is 1.40 bits per heavy atom. The fraction of sp³-hybridized carbons (Fsp3) is 0.875. The quantitative estimate of drug-likeness (QED) is 0.574. The summed E-state index contributed by atoms with van der Waals surface area (Å²) in [4.78, 5) is 9.98. The summed E-state index contributed by atoms with van der Waals surface area (Å²) in [5.41, 5.74) is 0. The molecular formula is C8H14NO. The highest BCUT2D eigenvalue weighted by Gasteiger charge is 2.19. The molecule has 1 rings (SSSR count). The molecule has 0 bridgehead atoms. The van der Waals surface area contributed by atoms with Gasteiger partial charge in [-0.15, -0.1) is 0 Å². The van der Waals surface area contributed by atoms with Crippen molar-refractivity contribution in [2.75, 3.05) is 0 Å². The van der Waals surface area contributed by atoms with Gasteiger partial charge in [-0.3, -0.25) is 4.79 Å². The SMILES string of the molecule is CC1CCCCC1N[C]=O. The summed E-state index contributed by atoms with van der Waals surface area (Å²) in [5, 5.41) is 2.73. The second kappa shape index (κ2) is 3.59. The van der Waals surface area contributed by atoms with Gasteiger partial charge >= 0.3 is 6.41 Å². The van der Waals surface area contributed by atoms with Gasteiger partial charge in [-0.1, -0.05) is 19.8 Å². The molecule has 1 radical (unpaired) electrons.